The van der Waals surface area contributed by atoms with Crippen LogP contribution in [0.4, 0.5) is 0 Å². The van der Waals surface area contributed by atoms with Gasteiger partial charge >= 0.3 is 0 Å². The second-order valence-electron chi connectivity index (χ2n) is 5.04. The first-order chi connectivity index (χ1) is 10.1. The van der Waals surface area contributed by atoms with Crippen LogP contribution in [-0.4, -0.2) is 20.0 Å². The molecule has 2 rings (SSSR count). The maximum atomic E-state index is 12.5. The predicted molar refractivity (Wildman–Crippen MR) is 83.5 cm³/mol. The molecule has 0 spiro atoms. The number of hydrogen-bond acceptors (Lipinski definition) is 3. The Morgan fingerprint density at radius 2 is 1.81 bits per heavy atom. The summed E-state index contributed by atoms with van der Waals surface area (Å²) in [5, 5.41) is 0. The molecule has 0 atom stereocenters. The van der Waals surface area contributed by atoms with Crippen LogP contribution < -0.4 is 9.47 Å². The fourth-order valence-corrected chi connectivity index (χ4v) is 2.34. The summed E-state index contributed by atoms with van der Waals surface area (Å²) in [6.07, 6.45) is 0.329. The van der Waals surface area contributed by atoms with Crippen molar-refractivity contribution < 1.29 is 14.3 Å². The number of methoxy groups -OCH3 is 2. The molecular formula is C18H20O3. The van der Waals surface area contributed by atoms with Crippen molar-refractivity contribution in [2.24, 2.45) is 0 Å². The number of carbonyl (C=O) groups is 1. The topological polar surface area (TPSA) is 35.5 Å². The van der Waals surface area contributed by atoms with E-state index in [4.69, 9.17) is 9.47 Å². The van der Waals surface area contributed by atoms with Gasteiger partial charge in [-0.05, 0) is 48.7 Å². The number of hydrogen-bond donors (Lipinski definition) is 0. The zero-order chi connectivity index (χ0) is 15.4. The monoisotopic (exact) mass is 284 g/mol. The Morgan fingerprint density at radius 3 is 2.48 bits per heavy atom. The van der Waals surface area contributed by atoms with Gasteiger partial charge < -0.3 is 9.47 Å². The Kier molecular flexibility index (Phi) is 4.63. The van der Waals surface area contributed by atoms with Gasteiger partial charge in [0.1, 0.15) is 11.5 Å². The van der Waals surface area contributed by atoms with Crippen LogP contribution in [-0.2, 0) is 6.42 Å². The van der Waals surface area contributed by atoms with E-state index in [1.54, 1.807) is 14.2 Å². The summed E-state index contributed by atoms with van der Waals surface area (Å²) < 4.78 is 10.6. The van der Waals surface area contributed by atoms with Crippen molar-refractivity contribution >= 4 is 5.78 Å². The van der Waals surface area contributed by atoms with Crippen LogP contribution in [0.1, 0.15) is 27.0 Å². The fraction of sp³-hybridized carbons (Fsp3) is 0.278. The first kappa shape index (κ1) is 15.1. The molecule has 0 saturated carbocycles. The Labute approximate surface area is 125 Å². The van der Waals surface area contributed by atoms with Gasteiger partial charge in [0.15, 0.2) is 5.78 Å². The number of ketones is 1. The molecule has 0 radical (unpaired) electrons. The summed E-state index contributed by atoms with van der Waals surface area (Å²) >= 11 is 0. The third kappa shape index (κ3) is 3.24. The SMILES string of the molecule is COc1cccc(CC(=O)c2ccc(C)c(C)c2OC)c1. The first-order valence-corrected chi connectivity index (χ1v) is 6.87. The Hall–Kier alpha value is -2.29. The lowest BCUT2D eigenvalue weighted by atomic mass is 9.98. The van der Waals surface area contributed by atoms with Gasteiger partial charge in [-0.1, -0.05) is 18.2 Å². The van der Waals surface area contributed by atoms with Crippen LogP contribution in [0.5, 0.6) is 11.5 Å². The smallest absolute Gasteiger partial charge is 0.170 e. The third-order valence-electron chi connectivity index (χ3n) is 3.68. The second-order valence-corrected chi connectivity index (χ2v) is 5.04. The molecule has 3 heteroatoms. The van der Waals surface area contributed by atoms with Crippen molar-refractivity contribution in [1.82, 2.24) is 0 Å². The van der Waals surface area contributed by atoms with Gasteiger partial charge in [-0.3, -0.25) is 4.79 Å². The average molecular weight is 284 g/mol. The standard InChI is InChI=1S/C18H20O3/c1-12-8-9-16(18(21-4)13(12)2)17(19)11-14-6-5-7-15(10-14)20-3/h5-10H,11H2,1-4H3. The first-order valence-electron chi connectivity index (χ1n) is 6.87. The summed E-state index contributed by atoms with van der Waals surface area (Å²) in [4.78, 5) is 12.5. The third-order valence-corrected chi connectivity index (χ3v) is 3.68. The maximum absolute atomic E-state index is 12.5. The molecule has 0 aromatic heterocycles. The highest BCUT2D eigenvalue weighted by Gasteiger charge is 2.16. The highest BCUT2D eigenvalue weighted by Crippen LogP contribution is 2.27. The Balaban J connectivity index is 2.30. The molecule has 0 aliphatic carbocycles. The van der Waals surface area contributed by atoms with E-state index in [1.165, 1.54) is 0 Å². The van der Waals surface area contributed by atoms with E-state index >= 15 is 0 Å². The number of rotatable bonds is 5. The molecule has 2 aromatic carbocycles. The Bertz CT molecular complexity index is 660. The number of ether oxygens (including phenoxy) is 2. The normalized spacial score (nSPS) is 10.3. The highest BCUT2D eigenvalue weighted by molar-refractivity contribution is 6.00. The molecule has 0 heterocycles. The van der Waals surface area contributed by atoms with Crippen LogP contribution >= 0.6 is 0 Å². The van der Waals surface area contributed by atoms with Gasteiger partial charge in [0.2, 0.25) is 0 Å². The van der Waals surface area contributed by atoms with E-state index in [-0.39, 0.29) is 5.78 Å². The molecule has 0 bridgehead atoms. The lowest BCUT2D eigenvalue weighted by Crippen LogP contribution is -2.07. The second kappa shape index (κ2) is 6.44. The molecule has 0 amide bonds. The zero-order valence-corrected chi connectivity index (χ0v) is 12.9. The van der Waals surface area contributed by atoms with E-state index in [1.807, 2.05) is 50.2 Å². The molecule has 0 aliphatic heterocycles. The minimum atomic E-state index is 0.0446. The minimum Gasteiger partial charge on any atom is -0.497 e. The maximum Gasteiger partial charge on any atom is 0.170 e. The molecule has 2 aromatic rings. The molecule has 0 saturated heterocycles. The van der Waals surface area contributed by atoms with Gasteiger partial charge in [-0.25, -0.2) is 0 Å². The van der Waals surface area contributed by atoms with E-state index in [2.05, 4.69) is 0 Å². The zero-order valence-electron chi connectivity index (χ0n) is 12.9. The lowest BCUT2D eigenvalue weighted by Gasteiger charge is -2.13. The summed E-state index contributed by atoms with van der Waals surface area (Å²) in [7, 11) is 3.22. The van der Waals surface area contributed by atoms with Crippen LogP contribution in [0.25, 0.3) is 0 Å². The van der Waals surface area contributed by atoms with Crippen molar-refractivity contribution in [3.63, 3.8) is 0 Å². The van der Waals surface area contributed by atoms with Crippen LogP contribution in [0.15, 0.2) is 36.4 Å². The lowest BCUT2D eigenvalue weighted by molar-refractivity contribution is 0.0990. The van der Waals surface area contributed by atoms with E-state index in [0.29, 0.717) is 17.7 Å². The molecule has 0 aliphatic rings. The van der Waals surface area contributed by atoms with Crippen molar-refractivity contribution in [3.8, 4) is 11.5 Å². The van der Waals surface area contributed by atoms with Crippen LogP contribution in [0.3, 0.4) is 0 Å². The average Bonchev–Trinajstić information content (AvgIpc) is 2.49. The largest absolute Gasteiger partial charge is 0.497 e. The molecule has 0 unspecified atom stereocenters. The quantitative estimate of drug-likeness (QED) is 0.784. The molecule has 0 fully saturated rings. The van der Waals surface area contributed by atoms with E-state index in [9.17, 15) is 4.79 Å². The van der Waals surface area contributed by atoms with E-state index in [0.717, 1.165) is 22.4 Å². The molecular weight excluding hydrogens is 264 g/mol. The fourth-order valence-electron chi connectivity index (χ4n) is 2.34. The van der Waals surface area contributed by atoms with E-state index < -0.39 is 0 Å². The summed E-state index contributed by atoms with van der Waals surface area (Å²) in [6.45, 7) is 3.98. The minimum absolute atomic E-state index is 0.0446. The van der Waals surface area contributed by atoms with Crippen molar-refractivity contribution in [2.45, 2.75) is 20.3 Å². The van der Waals surface area contributed by atoms with Crippen molar-refractivity contribution in [2.75, 3.05) is 14.2 Å². The van der Waals surface area contributed by atoms with Gasteiger partial charge in [0.05, 0.1) is 19.8 Å². The summed E-state index contributed by atoms with van der Waals surface area (Å²) in [5.74, 6) is 1.47. The summed E-state index contributed by atoms with van der Waals surface area (Å²) in [6, 6.07) is 11.4. The number of Topliss-reactive ketones (excluding diaryl/α,β-unsaturated/α-hetero) is 1. The van der Waals surface area contributed by atoms with Gasteiger partial charge in [0.25, 0.3) is 0 Å². The van der Waals surface area contributed by atoms with Gasteiger partial charge in [-0.2, -0.15) is 0 Å². The van der Waals surface area contributed by atoms with Crippen LogP contribution in [0, 0.1) is 13.8 Å². The van der Waals surface area contributed by atoms with Crippen molar-refractivity contribution in [1.29, 1.82) is 0 Å². The molecule has 110 valence electrons. The number of benzene rings is 2. The Morgan fingerprint density at radius 1 is 1.05 bits per heavy atom. The van der Waals surface area contributed by atoms with Gasteiger partial charge in [-0.15, -0.1) is 0 Å². The highest BCUT2D eigenvalue weighted by atomic mass is 16.5. The number of aryl methyl sites for hydroxylation is 1. The predicted octanol–water partition coefficient (Wildman–Crippen LogP) is 3.75. The number of carbonyl (C=O) groups excluding carboxylic acids is 1. The molecule has 21 heavy (non-hydrogen) atoms. The molecule has 3 nitrogen and oxygen atoms in total. The van der Waals surface area contributed by atoms with Crippen LogP contribution in [0.2, 0.25) is 0 Å². The van der Waals surface area contributed by atoms with Gasteiger partial charge in [0, 0.05) is 6.42 Å². The van der Waals surface area contributed by atoms with Crippen molar-refractivity contribution in [3.05, 3.63) is 58.7 Å². The summed E-state index contributed by atoms with van der Waals surface area (Å²) in [5.41, 5.74) is 3.68. The molecule has 0 N–H and O–H groups in total.